The van der Waals surface area contributed by atoms with E-state index in [1.807, 2.05) is 0 Å². The predicted molar refractivity (Wildman–Crippen MR) is 64.4 cm³/mol. The molecule has 5 heteroatoms. The summed E-state index contributed by atoms with van der Waals surface area (Å²) < 4.78 is 25.8. The minimum atomic E-state index is -0.403. The molecule has 0 aliphatic rings. The van der Waals surface area contributed by atoms with E-state index in [1.54, 1.807) is 18.2 Å². The lowest BCUT2D eigenvalue weighted by molar-refractivity contribution is 0.531. The van der Waals surface area contributed by atoms with Crippen molar-refractivity contribution in [3.05, 3.63) is 65.5 Å². The second-order valence-electron chi connectivity index (χ2n) is 3.95. The van der Waals surface area contributed by atoms with Gasteiger partial charge in [-0.2, -0.15) is 0 Å². The number of hydrazine groups is 1. The van der Waals surface area contributed by atoms with Crippen molar-refractivity contribution in [3.8, 4) is 0 Å². The molecule has 0 amide bonds. The monoisotopic (exact) mass is 249 g/mol. The van der Waals surface area contributed by atoms with Crippen LogP contribution < -0.4 is 11.3 Å². The predicted octanol–water partition coefficient (Wildman–Crippen LogP) is 2.11. The standard InChI is InChI=1S/C13H13F2N3/c14-10-3-1-2-9(6-10)7-13(18-16)12-5-4-11(15)8-17-12/h1-6,8,13,18H,7,16H2. The van der Waals surface area contributed by atoms with E-state index in [2.05, 4.69) is 10.4 Å². The van der Waals surface area contributed by atoms with Crippen LogP contribution in [0.1, 0.15) is 17.3 Å². The summed E-state index contributed by atoms with van der Waals surface area (Å²) in [7, 11) is 0. The number of hydrogen-bond donors (Lipinski definition) is 2. The highest BCUT2D eigenvalue weighted by Gasteiger charge is 2.12. The van der Waals surface area contributed by atoms with Crippen LogP contribution in [-0.4, -0.2) is 4.98 Å². The lowest BCUT2D eigenvalue weighted by atomic mass is 10.0. The van der Waals surface area contributed by atoms with Crippen molar-refractivity contribution in [2.75, 3.05) is 0 Å². The minimum absolute atomic E-state index is 0.285. The first-order valence-electron chi connectivity index (χ1n) is 5.51. The van der Waals surface area contributed by atoms with Gasteiger partial charge in [-0.3, -0.25) is 16.3 Å². The maximum atomic E-state index is 13.1. The third kappa shape index (κ3) is 3.09. The Hall–Kier alpha value is -1.85. The number of nitrogens with one attached hydrogen (secondary N) is 1. The smallest absolute Gasteiger partial charge is 0.141 e. The average molecular weight is 249 g/mol. The SMILES string of the molecule is NNC(Cc1cccc(F)c1)c1ccc(F)cn1. The zero-order chi connectivity index (χ0) is 13.0. The van der Waals surface area contributed by atoms with Crippen molar-refractivity contribution >= 4 is 0 Å². The zero-order valence-electron chi connectivity index (χ0n) is 9.61. The van der Waals surface area contributed by atoms with Crippen LogP contribution >= 0.6 is 0 Å². The number of halogens is 2. The highest BCUT2D eigenvalue weighted by molar-refractivity contribution is 5.20. The Morgan fingerprint density at radius 1 is 1.17 bits per heavy atom. The molecule has 1 heterocycles. The maximum absolute atomic E-state index is 13.1. The van der Waals surface area contributed by atoms with E-state index in [9.17, 15) is 8.78 Å². The second kappa shape index (κ2) is 5.66. The van der Waals surface area contributed by atoms with E-state index < -0.39 is 5.82 Å². The summed E-state index contributed by atoms with van der Waals surface area (Å²) in [5.74, 6) is 4.75. The zero-order valence-corrected chi connectivity index (χ0v) is 9.61. The van der Waals surface area contributed by atoms with Crippen LogP contribution in [0.25, 0.3) is 0 Å². The van der Waals surface area contributed by atoms with Crippen LogP contribution in [0.5, 0.6) is 0 Å². The van der Waals surface area contributed by atoms with E-state index >= 15 is 0 Å². The lowest BCUT2D eigenvalue weighted by Crippen LogP contribution is -2.30. The van der Waals surface area contributed by atoms with Crippen LogP contribution in [0.4, 0.5) is 8.78 Å². The molecule has 2 rings (SSSR count). The average Bonchev–Trinajstić information content (AvgIpc) is 2.37. The fourth-order valence-electron chi connectivity index (χ4n) is 1.74. The van der Waals surface area contributed by atoms with Crippen molar-refractivity contribution in [2.24, 2.45) is 5.84 Å². The van der Waals surface area contributed by atoms with Crippen LogP contribution in [-0.2, 0) is 6.42 Å². The number of rotatable bonds is 4. The first kappa shape index (κ1) is 12.6. The largest absolute Gasteiger partial charge is 0.271 e. The van der Waals surface area contributed by atoms with Gasteiger partial charge in [0.2, 0.25) is 0 Å². The highest BCUT2D eigenvalue weighted by Crippen LogP contribution is 2.16. The molecule has 0 fully saturated rings. The summed E-state index contributed by atoms with van der Waals surface area (Å²) in [6.45, 7) is 0. The van der Waals surface area contributed by atoms with Gasteiger partial charge >= 0.3 is 0 Å². The number of nitrogens with two attached hydrogens (primary N) is 1. The number of pyridine rings is 1. The highest BCUT2D eigenvalue weighted by atomic mass is 19.1. The third-order valence-corrected chi connectivity index (χ3v) is 2.64. The van der Waals surface area contributed by atoms with Gasteiger partial charge in [0.15, 0.2) is 0 Å². The molecular weight excluding hydrogens is 236 g/mol. The number of aromatic nitrogens is 1. The second-order valence-corrected chi connectivity index (χ2v) is 3.95. The molecule has 0 aliphatic carbocycles. The molecule has 0 spiro atoms. The number of benzene rings is 1. The Kier molecular flexibility index (Phi) is 3.96. The summed E-state index contributed by atoms with van der Waals surface area (Å²) in [4.78, 5) is 3.96. The fraction of sp³-hybridized carbons (Fsp3) is 0.154. The van der Waals surface area contributed by atoms with Crippen molar-refractivity contribution < 1.29 is 8.78 Å². The van der Waals surface area contributed by atoms with E-state index in [4.69, 9.17) is 5.84 Å². The lowest BCUT2D eigenvalue weighted by Gasteiger charge is -2.15. The maximum Gasteiger partial charge on any atom is 0.141 e. The molecule has 3 nitrogen and oxygen atoms in total. The Labute approximate surface area is 104 Å². The first-order chi connectivity index (χ1) is 8.69. The molecule has 0 aliphatic heterocycles. The van der Waals surface area contributed by atoms with E-state index in [1.165, 1.54) is 18.2 Å². The van der Waals surface area contributed by atoms with Gasteiger partial charge in [-0.15, -0.1) is 0 Å². The Bertz CT molecular complexity index is 514. The fourth-order valence-corrected chi connectivity index (χ4v) is 1.74. The molecule has 18 heavy (non-hydrogen) atoms. The van der Waals surface area contributed by atoms with E-state index in [0.717, 1.165) is 11.8 Å². The molecule has 0 bridgehead atoms. The molecule has 1 aromatic carbocycles. The third-order valence-electron chi connectivity index (χ3n) is 2.64. The molecule has 2 aromatic rings. The molecule has 0 saturated heterocycles. The van der Waals surface area contributed by atoms with Gasteiger partial charge in [0.1, 0.15) is 11.6 Å². The molecule has 3 N–H and O–H groups in total. The molecule has 1 unspecified atom stereocenters. The quantitative estimate of drug-likeness (QED) is 0.644. The van der Waals surface area contributed by atoms with Crippen molar-refractivity contribution in [1.29, 1.82) is 0 Å². The molecule has 1 aromatic heterocycles. The summed E-state index contributed by atoms with van der Waals surface area (Å²) in [5, 5.41) is 0. The van der Waals surface area contributed by atoms with Gasteiger partial charge in [-0.05, 0) is 36.2 Å². The summed E-state index contributed by atoms with van der Waals surface area (Å²) in [6.07, 6.45) is 1.61. The van der Waals surface area contributed by atoms with Gasteiger partial charge < -0.3 is 0 Å². The Morgan fingerprint density at radius 2 is 2.00 bits per heavy atom. The van der Waals surface area contributed by atoms with Crippen LogP contribution in [0.3, 0.4) is 0 Å². The minimum Gasteiger partial charge on any atom is -0.271 e. The van der Waals surface area contributed by atoms with Crippen LogP contribution in [0, 0.1) is 11.6 Å². The molecule has 94 valence electrons. The van der Waals surface area contributed by atoms with Crippen LogP contribution in [0.15, 0.2) is 42.6 Å². The molecule has 1 atom stereocenters. The summed E-state index contributed by atoms with van der Waals surface area (Å²) in [5.41, 5.74) is 4.01. The van der Waals surface area contributed by atoms with Crippen LogP contribution in [0.2, 0.25) is 0 Å². The summed E-state index contributed by atoms with van der Waals surface area (Å²) >= 11 is 0. The molecular formula is C13H13F2N3. The number of hydrogen-bond acceptors (Lipinski definition) is 3. The Balaban J connectivity index is 2.17. The molecule has 0 saturated carbocycles. The first-order valence-corrected chi connectivity index (χ1v) is 5.51. The summed E-state index contributed by atoms with van der Waals surface area (Å²) in [6, 6.07) is 8.84. The van der Waals surface area contributed by atoms with Gasteiger partial charge in [0.25, 0.3) is 0 Å². The van der Waals surface area contributed by atoms with E-state index in [0.29, 0.717) is 12.1 Å². The van der Waals surface area contributed by atoms with Crippen molar-refractivity contribution in [1.82, 2.24) is 10.4 Å². The van der Waals surface area contributed by atoms with Gasteiger partial charge in [0, 0.05) is 0 Å². The van der Waals surface area contributed by atoms with Crippen molar-refractivity contribution in [2.45, 2.75) is 12.5 Å². The van der Waals surface area contributed by atoms with Gasteiger partial charge in [0.05, 0.1) is 17.9 Å². The van der Waals surface area contributed by atoms with E-state index in [-0.39, 0.29) is 11.9 Å². The Morgan fingerprint density at radius 3 is 2.61 bits per heavy atom. The van der Waals surface area contributed by atoms with Gasteiger partial charge in [-0.1, -0.05) is 12.1 Å². The van der Waals surface area contributed by atoms with Crippen molar-refractivity contribution in [3.63, 3.8) is 0 Å². The van der Waals surface area contributed by atoms with Gasteiger partial charge in [-0.25, -0.2) is 8.78 Å². The molecule has 0 radical (unpaired) electrons. The number of nitrogens with zero attached hydrogens (tertiary/aromatic N) is 1. The normalized spacial score (nSPS) is 12.4. The topological polar surface area (TPSA) is 50.9 Å².